The molecule has 8 rings (SSSR count). The molecular weight excluding hydrogens is 870 g/mol. The Morgan fingerprint density at radius 2 is 1.41 bits per heavy atom. The van der Waals surface area contributed by atoms with Crippen LogP contribution in [0.5, 0.6) is 0 Å². The Bertz CT molecular complexity index is 2170. The summed E-state index contributed by atoms with van der Waals surface area (Å²) in [6.07, 6.45) is 9.65. The van der Waals surface area contributed by atoms with Gasteiger partial charge in [0, 0.05) is 0 Å². The van der Waals surface area contributed by atoms with Crippen LogP contribution in [-0.2, 0) is 42.5 Å². The van der Waals surface area contributed by atoms with E-state index in [4.69, 9.17) is 23.2 Å². The fourth-order valence-corrected chi connectivity index (χ4v) is 11.3. The van der Waals surface area contributed by atoms with E-state index in [1.807, 2.05) is 36.4 Å². The van der Waals surface area contributed by atoms with Crippen molar-refractivity contribution in [2.45, 2.75) is 114 Å². The predicted molar refractivity (Wildman–Crippen MR) is 241 cm³/mol. The molecule has 1 saturated carbocycles. The number of benzene rings is 3. The number of fused-ring (bicyclic) bond motifs is 6. The van der Waals surface area contributed by atoms with Gasteiger partial charge in [0.05, 0.1) is 0 Å². The number of hydrogen-bond donors (Lipinski definition) is 0. The van der Waals surface area contributed by atoms with Gasteiger partial charge < -0.3 is 24.8 Å². The van der Waals surface area contributed by atoms with E-state index in [9.17, 15) is 0 Å². The van der Waals surface area contributed by atoms with E-state index in [1.54, 1.807) is 28.2 Å². The van der Waals surface area contributed by atoms with Crippen LogP contribution in [0.25, 0.3) is 5.57 Å². The summed E-state index contributed by atoms with van der Waals surface area (Å²) in [7, 11) is 0. The van der Waals surface area contributed by atoms with Crippen molar-refractivity contribution in [3.63, 3.8) is 0 Å². The number of halogens is 4. The van der Waals surface area contributed by atoms with E-state index in [-0.39, 0.29) is 46.5 Å². The first-order chi connectivity index (χ1) is 26.2. The van der Waals surface area contributed by atoms with Crippen LogP contribution in [-0.4, -0.2) is 3.21 Å². The average Bonchev–Trinajstić information content (AvgIpc) is 3.80. The van der Waals surface area contributed by atoms with E-state index in [0.717, 1.165) is 34.0 Å². The molecule has 4 aromatic carbocycles. The van der Waals surface area contributed by atoms with Crippen LogP contribution in [0.4, 0.5) is 0 Å². The van der Waals surface area contributed by atoms with Crippen molar-refractivity contribution in [2.75, 3.05) is 0 Å². The van der Waals surface area contributed by atoms with Gasteiger partial charge in [-0.1, -0.05) is 153 Å². The minimum Gasteiger partial charge on any atom is -1.00 e. The molecule has 0 aromatic heterocycles. The molecule has 0 aliphatic heterocycles. The van der Waals surface area contributed by atoms with Gasteiger partial charge in [0.25, 0.3) is 0 Å². The van der Waals surface area contributed by atoms with Crippen LogP contribution >= 0.6 is 23.2 Å². The van der Waals surface area contributed by atoms with Gasteiger partial charge in [-0.15, -0.1) is 6.92 Å². The summed E-state index contributed by atoms with van der Waals surface area (Å²) >= 11 is 13.3. The van der Waals surface area contributed by atoms with Gasteiger partial charge in [-0.2, -0.15) is 34.4 Å². The van der Waals surface area contributed by atoms with Crippen molar-refractivity contribution in [1.29, 1.82) is 0 Å². The zero-order valence-electron chi connectivity index (χ0n) is 36.7. The molecule has 0 radical (unpaired) electrons. The normalized spacial score (nSPS) is 21.7. The molecule has 2 unspecified atom stereocenters. The molecule has 0 N–H and O–H groups in total. The molecule has 1 fully saturated rings. The molecular formula is C53H62Cl4Zr-2. The fraction of sp³-hybridized carbons (Fsp3) is 0.415. The summed E-state index contributed by atoms with van der Waals surface area (Å²) in [5.41, 5.74) is 15.8. The fourth-order valence-electron chi connectivity index (χ4n) is 10.2. The summed E-state index contributed by atoms with van der Waals surface area (Å²) in [4.78, 5) is 0. The Kier molecular flexibility index (Phi) is 15.2. The molecule has 0 spiro atoms. The Hall–Kier alpha value is -1.99. The maximum Gasteiger partial charge on any atom is -1.00 e. The van der Waals surface area contributed by atoms with Crippen molar-refractivity contribution >= 4 is 32.0 Å². The summed E-state index contributed by atoms with van der Waals surface area (Å²) in [6.45, 7) is 29.2. The van der Waals surface area contributed by atoms with Crippen LogP contribution in [0.1, 0.15) is 129 Å². The minimum atomic E-state index is 0. The van der Waals surface area contributed by atoms with Crippen LogP contribution in [0.15, 0.2) is 120 Å². The van der Waals surface area contributed by atoms with E-state index < -0.39 is 0 Å². The molecule has 4 aliphatic rings. The van der Waals surface area contributed by atoms with Gasteiger partial charge >= 0.3 is 120 Å². The van der Waals surface area contributed by atoms with E-state index in [0.29, 0.717) is 11.3 Å². The summed E-state index contributed by atoms with van der Waals surface area (Å²) in [5, 5.41) is 1.53. The summed E-state index contributed by atoms with van der Waals surface area (Å²) in [6, 6.07) is 31.7. The molecule has 2 atom stereocenters. The molecule has 0 nitrogen and oxygen atoms in total. The van der Waals surface area contributed by atoms with Crippen LogP contribution in [0.2, 0.25) is 10.0 Å². The number of hydrogen-bond acceptors (Lipinski definition) is 0. The number of allylic oxidation sites excluding steroid dienone is 6. The first kappa shape index (κ1) is 48.7. The first-order valence-corrected chi connectivity index (χ1v) is 22.6. The van der Waals surface area contributed by atoms with Crippen molar-refractivity contribution in [3.8, 4) is 0 Å². The second-order valence-corrected chi connectivity index (χ2v) is 21.4. The van der Waals surface area contributed by atoms with Gasteiger partial charge in [-0.25, -0.2) is 12.0 Å². The Labute approximate surface area is 388 Å². The molecule has 0 heterocycles. The third-order valence-corrected chi connectivity index (χ3v) is 17.0. The average molecular weight is 932 g/mol. The topological polar surface area (TPSA) is 0 Å². The van der Waals surface area contributed by atoms with Crippen LogP contribution in [0, 0.1) is 33.5 Å². The van der Waals surface area contributed by atoms with Gasteiger partial charge in [0.2, 0.25) is 0 Å². The minimum absolute atomic E-state index is 0. The molecule has 58 heavy (non-hydrogen) atoms. The number of aryl methyl sites for hydroxylation is 1. The van der Waals surface area contributed by atoms with Gasteiger partial charge in [0.1, 0.15) is 0 Å². The molecule has 5 heteroatoms. The van der Waals surface area contributed by atoms with Gasteiger partial charge in [-0.05, 0) is 40.6 Å². The standard InChI is InChI=1S/C29H37.C13H8Cl2.C11H17.2ClH.Zr/c1-18-25-22-17-19-13-9-10-14-20(19)24(22)21-15-11-12-16-23(21)29(25,8)28(6,7)27(4,5)26(18,2)3;14-12-5-1-3-10(8-12)7-11-4-2-6-13(15)9-11;1-5-9-6-7-10(8-9)11(2,3)4;;;/h9-11,13-15,23H,12,16-17H2,1-8H3;1-6,8-9H;6-8H,5H2,1-4H3;2*1H;/q-1;;-1;;;+2/p-2. The number of rotatable bonds is 3. The van der Waals surface area contributed by atoms with Crippen molar-refractivity contribution in [3.05, 3.63) is 169 Å². The monoisotopic (exact) mass is 928 g/mol. The Morgan fingerprint density at radius 3 is 1.93 bits per heavy atom. The largest absolute Gasteiger partial charge is 1.00 e. The van der Waals surface area contributed by atoms with Crippen molar-refractivity contribution < 1.29 is 49.0 Å². The maximum absolute atomic E-state index is 5.98. The van der Waals surface area contributed by atoms with E-state index in [1.165, 1.54) is 62.5 Å². The van der Waals surface area contributed by atoms with Crippen molar-refractivity contribution in [2.24, 2.45) is 27.6 Å². The van der Waals surface area contributed by atoms with Crippen LogP contribution in [0.3, 0.4) is 0 Å². The smallest absolute Gasteiger partial charge is 1.00 e. The molecule has 0 saturated heterocycles. The molecule has 0 bridgehead atoms. The zero-order chi connectivity index (χ0) is 41.0. The van der Waals surface area contributed by atoms with Crippen LogP contribution < -0.4 is 24.8 Å². The van der Waals surface area contributed by atoms with E-state index in [2.05, 4.69) is 150 Å². The zero-order valence-corrected chi connectivity index (χ0v) is 42.2. The SMILES string of the molecule is CCc1cc(C(C)(C)C)c[cH-]1.C[C-]1C2=C3Cc4ccccc4C3=C3C=CCCC3C2(C)C(C)(C)C(C)(C)C1(C)C.Clc1cccc([C](=[Zr+2])c2cccc(Cl)c2)c1.[Cl-].[Cl-]. The third-order valence-electron chi connectivity index (χ3n) is 15.1. The molecule has 308 valence electrons. The van der Waals surface area contributed by atoms with Crippen molar-refractivity contribution in [1.82, 2.24) is 0 Å². The quantitative estimate of drug-likeness (QED) is 0.180. The molecule has 4 aromatic rings. The van der Waals surface area contributed by atoms with Gasteiger partial charge in [0.15, 0.2) is 0 Å². The first-order valence-electron chi connectivity index (χ1n) is 20.6. The van der Waals surface area contributed by atoms with E-state index >= 15 is 0 Å². The Morgan fingerprint density at radius 1 is 0.828 bits per heavy atom. The predicted octanol–water partition coefficient (Wildman–Crippen LogP) is 9.35. The molecule has 4 aliphatic carbocycles. The molecule has 0 amide bonds. The second kappa shape index (κ2) is 18.2. The summed E-state index contributed by atoms with van der Waals surface area (Å²) in [5.74, 6) is 2.24. The van der Waals surface area contributed by atoms with Gasteiger partial charge in [-0.3, -0.25) is 0 Å². The Balaban J connectivity index is 0.000000217. The third kappa shape index (κ3) is 8.45. The maximum atomic E-state index is 5.98. The second-order valence-electron chi connectivity index (χ2n) is 19.3. The summed E-state index contributed by atoms with van der Waals surface area (Å²) < 4.78 is 1.26.